The zero-order valence-corrected chi connectivity index (χ0v) is 10.6. The quantitative estimate of drug-likeness (QED) is 0.758. The molecule has 1 rings (SSSR count). The van der Waals surface area contributed by atoms with Crippen molar-refractivity contribution in [3.05, 3.63) is 33.8 Å². The fourth-order valence-electron chi connectivity index (χ4n) is 1.72. The minimum absolute atomic E-state index is 0.0539. The normalized spacial score (nSPS) is 14.8. The minimum atomic E-state index is -0.455. The van der Waals surface area contributed by atoms with Gasteiger partial charge in [0.1, 0.15) is 0 Å². The third-order valence-corrected chi connectivity index (χ3v) is 3.58. The number of nitrogens with one attached hydrogen (secondary N) is 1. The predicted molar refractivity (Wildman–Crippen MR) is 68.0 cm³/mol. The molecular formula is C11H16Cl2N2O. The summed E-state index contributed by atoms with van der Waals surface area (Å²) in [6, 6.07) is 5.38. The van der Waals surface area contributed by atoms with Crippen LogP contribution in [0.2, 0.25) is 10.0 Å². The van der Waals surface area contributed by atoms with Crippen molar-refractivity contribution < 1.29 is 5.11 Å². The van der Waals surface area contributed by atoms with Crippen molar-refractivity contribution in [3.63, 3.8) is 0 Å². The van der Waals surface area contributed by atoms with Crippen molar-refractivity contribution in [1.29, 1.82) is 0 Å². The van der Waals surface area contributed by atoms with E-state index in [1.54, 1.807) is 12.1 Å². The summed E-state index contributed by atoms with van der Waals surface area (Å²) in [6.45, 7) is 0.431. The first-order chi connectivity index (χ1) is 7.59. The number of halogens is 2. The van der Waals surface area contributed by atoms with Crippen LogP contribution >= 0.6 is 23.2 Å². The van der Waals surface area contributed by atoms with E-state index in [0.717, 1.165) is 5.56 Å². The fourth-order valence-corrected chi connectivity index (χ4v) is 2.02. The lowest BCUT2D eigenvalue weighted by atomic mass is 9.87. The molecule has 1 unspecified atom stereocenters. The summed E-state index contributed by atoms with van der Waals surface area (Å²) < 4.78 is 0. The first-order valence-electron chi connectivity index (χ1n) is 5.05. The van der Waals surface area contributed by atoms with Crippen LogP contribution < -0.4 is 11.1 Å². The minimum Gasteiger partial charge on any atom is -0.396 e. The van der Waals surface area contributed by atoms with E-state index in [1.165, 1.54) is 0 Å². The molecule has 0 aliphatic carbocycles. The molecule has 0 aliphatic heterocycles. The van der Waals surface area contributed by atoms with Crippen LogP contribution in [-0.4, -0.2) is 25.3 Å². The Morgan fingerprint density at radius 2 is 2.06 bits per heavy atom. The molecule has 3 nitrogen and oxygen atoms in total. The molecule has 1 atom stereocenters. The zero-order chi connectivity index (χ0) is 12.2. The highest BCUT2D eigenvalue weighted by Crippen LogP contribution is 2.30. The second kappa shape index (κ2) is 5.84. The second-order valence-corrected chi connectivity index (χ2v) is 4.45. The number of hydrogen-bond donors (Lipinski definition) is 3. The molecule has 1 aromatic carbocycles. The molecule has 16 heavy (non-hydrogen) atoms. The lowest BCUT2D eigenvalue weighted by Gasteiger charge is -2.32. The number of nitrogens with two attached hydrogens (primary N) is 1. The van der Waals surface area contributed by atoms with Crippen molar-refractivity contribution >= 4 is 23.2 Å². The molecule has 5 heteroatoms. The van der Waals surface area contributed by atoms with Gasteiger partial charge in [-0.3, -0.25) is 0 Å². The topological polar surface area (TPSA) is 58.3 Å². The van der Waals surface area contributed by atoms with Crippen LogP contribution in [0.4, 0.5) is 0 Å². The molecule has 0 heterocycles. The van der Waals surface area contributed by atoms with Gasteiger partial charge in [-0.05, 0) is 31.2 Å². The molecule has 0 spiro atoms. The van der Waals surface area contributed by atoms with E-state index in [-0.39, 0.29) is 6.61 Å². The summed E-state index contributed by atoms with van der Waals surface area (Å²) in [5.74, 6) is 0. The molecule has 90 valence electrons. The highest BCUT2D eigenvalue weighted by molar-refractivity contribution is 6.42. The highest BCUT2D eigenvalue weighted by Gasteiger charge is 2.28. The Labute approximate surface area is 106 Å². The smallest absolute Gasteiger partial charge is 0.0595 e. The van der Waals surface area contributed by atoms with Crippen LogP contribution in [0.25, 0.3) is 0 Å². The molecule has 0 bridgehead atoms. The Morgan fingerprint density at radius 3 is 2.50 bits per heavy atom. The van der Waals surface area contributed by atoms with Gasteiger partial charge in [-0.15, -0.1) is 0 Å². The van der Waals surface area contributed by atoms with Crippen LogP contribution in [0.15, 0.2) is 18.2 Å². The maximum absolute atomic E-state index is 9.09. The van der Waals surface area contributed by atoms with Crippen LogP contribution in [0.3, 0.4) is 0 Å². The Kier molecular flexibility index (Phi) is 5.02. The van der Waals surface area contributed by atoms with Crippen molar-refractivity contribution in [1.82, 2.24) is 5.32 Å². The van der Waals surface area contributed by atoms with Crippen molar-refractivity contribution in [2.45, 2.75) is 12.0 Å². The lowest BCUT2D eigenvalue weighted by molar-refractivity contribution is 0.220. The Morgan fingerprint density at radius 1 is 1.38 bits per heavy atom. The number of rotatable bonds is 5. The second-order valence-electron chi connectivity index (χ2n) is 3.64. The average Bonchev–Trinajstić information content (AvgIpc) is 2.30. The van der Waals surface area contributed by atoms with Crippen molar-refractivity contribution in [2.24, 2.45) is 5.73 Å². The summed E-state index contributed by atoms with van der Waals surface area (Å²) in [7, 11) is 1.81. The molecular weight excluding hydrogens is 247 g/mol. The van der Waals surface area contributed by atoms with Crippen LogP contribution in [0, 0.1) is 0 Å². The number of aliphatic hydroxyl groups is 1. The van der Waals surface area contributed by atoms with Gasteiger partial charge >= 0.3 is 0 Å². The van der Waals surface area contributed by atoms with E-state index < -0.39 is 5.54 Å². The molecule has 4 N–H and O–H groups in total. The summed E-state index contributed by atoms with van der Waals surface area (Å²) >= 11 is 11.8. The van der Waals surface area contributed by atoms with E-state index in [0.29, 0.717) is 23.0 Å². The molecule has 0 amide bonds. The number of likely N-dealkylation sites (N-methyl/N-ethyl adjacent to an activating group) is 1. The third kappa shape index (κ3) is 2.67. The van der Waals surface area contributed by atoms with Gasteiger partial charge in [-0.25, -0.2) is 0 Å². The van der Waals surface area contributed by atoms with Crippen LogP contribution in [0.1, 0.15) is 12.0 Å². The molecule has 0 fully saturated rings. The standard InChI is InChI=1S/C11H16Cl2N2O/c1-15-11(7-14,4-5-16)8-2-3-9(12)10(13)6-8/h2-3,6,15-16H,4-5,7,14H2,1H3. The van der Waals surface area contributed by atoms with Crippen molar-refractivity contribution in [3.8, 4) is 0 Å². The molecule has 0 aliphatic rings. The van der Waals surface area contributed by atoms with E-state index in [2.05, 4.69) is 5.32 Å². The Bertz CT molecular complexity index is 354. The van der Waals surface area contributed by atoms with Gasteiger partial charge in [-0.1, -0.05) is 29.3 Å². The maximum Gasteiger partial charge on any atom is 0.0595 e. The summed E-state index contributed by atoms with van der Waals surface area (Å²) in [5.41, 5.74) is 6.25. The molecule has 0 saturated carbocycles. The third-order valence-electron chi connectivity index (χ3n) is 2.84. The molecule has 1 aromatic rings. The summed E-state index contributed by atoms with van der Waals surface area (Å²) in [4.78, 5) is 0. The maximum atomic E-state index is 9.09. The highest BCUT2D eigenvalue weighted by atomic mass is 35.5. The lowest BCUT2D eigenvalue weighted by Crippen LogP contribution is -2.47. The average molecular weight is 263 g/mol. The predicted octanol–water partition coefficient (Wildman–Crippen LogP) is 1.75. The monoisotopic (exact) mass is 262 g/mol. The van der Waals surface area contributed by atoms with Gasteiger partial charge in [0.15, 0.2) is 0 Å². The summed E-state index contributed by atoms with van der Waals surface area (Å²) in [6.07, 6.45) is 0.526. The Balaban J connectivity index is 3.14. The van der Waals surface area contributed by atoms with E-state index in [9.17, 15) is 0 Å². The summed E-state index contributed by atoms with van der Waals surface area (Å²) in [5, 5.41) is 13.2. The van der Waals surface area contributed by atoms with Gasteiger partial charge in [0.05, 0.1) is 15.6 Å². The SMILES string of the molecule is CNC(CN)(CCO)c1ccc(Cl)c(Cl)c1. The fraction of sp³-hybridized carbons (Fsp3) is 0.455. The Hall–Kier alpha value is -0.320. The van der Waals surface area contributed by atoms with E-state index in [1.807, 2.05) is 13.1 Å². The van der Waals surface area contributed by atoms with Gasteiger partial charge in [-0.2, -0.15) is 0 Å². The van der Waals surface area contributed by atoms with Crippen LogP contribution in [-0.2, 0) is 5.54 Å². The van der Waals surface area contributed by atoms with Gasteiger partial charge in [0, 0.05) is 13.2 Å². The van der Waals surface area contributed by atoms with E-state index in [4.69, 9.17) is 34.0 Å². The molecule has 0 radical (unpaired) electrons. The number of benzene rings is 1. The van der Waals surface area contributed by atoms with Gasteiger partial charge in [0.2, 0.25) is 0 Å². The molecule has 0 aromatic heterocycles. The van der Waals surface area contributed by atoms with Crippen LogP contribution in [0.5, 0.6) is 0 Å². The van der Waals surface area contributed by atoms with Crippen molar-refractivity contribution in [2.75, 3.05) is 20.2 Å². The largest absolute Gasteiger partial charge is 0.396 e. The zero-order valence-electron chi connectivity index (χ0n) is 9.13. The van der Waals surface area contributed by atoms with E-state index >= 15 is 0 Å². The number of aliphatic hydroxyl groups excluding tert-OH is 1. The first kappa shape index (κ1) is 13.7. The first-order valence-corrected chi connectivity index (χ1v) is 5.80. The van der Waals surface area contributed by atoms with Gasteiger partial charge in [0.25, 0.3) is 0 Å². The van der Waals surface area contributed by atoms with Gasteiger partial charge < -0.3 is 16.2 Å². The number of hydrogen-bond acceptors (Lipinski definition) is 3. The molecule has 0 saturated heterocycles.